The van der Waals surface area contributed by atoms with Gasteiger partial charge in [0.1, 0.15) is 11.9 Å². The van der Waals surface area contributed by atoms with Gasteiger partial charge < -0.3 is 25.9 Å². The maximum Gasteiger partial charge on any atom is 0.115 e. The fourth-order valence-electron chi connectivity index (χ4n) is 5.62. The van der Waals surface area contributed by atoms with Crippen LogP contribution in [0.3, 0.4) is 0 Å². The number of hydrogen-bond donors (Lipinski definition) is 4. The summed E-state index contributed by atoms with van der Waals surface area (Å²) in [5.41, 5.74) is 2.09. The third kappa shape index (κ3) is 2.14. The molecule has 0 spiro atoms. The molecule has 128 valence electrons. The highest BCUT2D eigenvalue weighted by atomic mass is 16.4. The summed E-state index contributed by atoms with van der Waals surface area (Å²) in [6.45, 7) is 2.02. The Bertz CT molecular complexity index is 603. The van der Waals surface area contributed by atoms with E-state index in [1.165, 1.54) is 11.1 Å². The molecule has 3 aliphatic carbocycles. The molecule has 7 atom stereocenters. The van der Waals surface area contributed by atoms with Crippen molar-refractivity contribution in [2.24, 2.45) is 17.3 Å². The Labute approximate surface area is 135 Å². The highest BCUT2D eigenvalue weighted by molar-refractivity contribution is 5.40. The molecule has 2 saturated carbocycles. The van der Waals surface area contributed by atoms with E-state index in [9.17, 15) is 20.4 Å². The van der Waals surface area contributed by atoms with Gasteiger partial charge in [0, 0.05) is 5.41 Å². The van der Waals surface area contributed by atoms with E-state index in [4.69, 9.17) is 0 Å². The summed E-state index contributed by atoms with van der Waals surface area (Å²) in [6.07, 6.45) is 0.894. The van der Waals surface area contributed by atoms with Gasteiger partial charge in [0.25, 0.3) is 0 Å². The molecule has 5 nitrogen and oxygen atoms in total. The molecule has 5 heteroatoms. The first kappa shape index (κ1) is 16.7. The molecule has 6 N–H and O–H groups in total. The number of fused-ring (bicyclic) bond motifs is 5. The van der Waals surface area contributed by atoms with E-state index >= 15 is 0 Å². The molecule has 0 aliphatic heterocycles. The van der Waals surface area contributed by atoms with Crippen LogP contribution >= 0.6 is 0 Å². The minimum Gasteiger partial charge on any atom is -0.508 e. The van der Waals surface area contributed by atoms with Crippen molar-refractivity contribution in [3.63, 3.8) is 0 Å². The van der Waals surface area contributed by atoms with Crippen molar-refractivity contribution in [1.82, 2.24) is 0 Å². The Morgan fingerprint density at radius 2 is 1.83 bits per heavy atom. The smallest absolute Gasteiger partial charge is 0.115 e. The van der Waals surface area contributed by atoms with Gasteiger partial charge in [0.05, 0.1) is 12.2 Å². The molecular formula is C18H26O5. The van der Waals surface area contributed by atoms with Crippen LogP contribution in [0, 0.1) is 17.3 Å². The highest BCUT2D eigenvalue weighted by Gasteiger charge is 2.62. The van der Waals surface area contributed by atoms with Gasteiger partial charge in [0.15, 0.2) is 0 Å². The van der Waals surface area contributed by atoms with Crippen molar-refractivity contribution >= 4 is 0 Å². The highest BCUT2D eigenvalue weighted by Crippen LogP contribution is 2.60. The van der Waals surface area contributed by atoms with Crippen LogP contribution in [0.15, 0.2) is 18.2 Å². The van der Waals surface area contributed by atoms with Crippen LogP contribution in [0.5, 0.6) is 5.75 Å². The number of phenolic OH excluding ortho intramolecular Hbond substituents is 1. The fraction of sp³-hybridized carbons (Fsp3) is 0.667. The second-order valence-corrected chi connectivity index (χ2v) is 7.69. The normalized spacial score (nSPS) is 44.7. The number of rotatable bonds is 0. The topological polar surface area (TPSA) is 112 Å². The number of phenols is 1. The number of hydrogen-bond acceptors (Lipinski definition) is 4. The van der Waals surface area contributed by atoms with E-state index < -0.39 is 23.7 Å². The predicted molar refractivity (Wildman–Crippen MR) is 85.1 cm³/mol. The first-order chi connectivity index (χ1) is 10.4. The third-order valence-corrected chi connectivity index (χ3v) is 6.72. The van der Waals surface area contributed by atoms with E-state index in [-0.39, 0.29) is 17.3 Å². The van der Waals surface area contributed by atoms with Gasteiger partial charge >= 0.3 is 0 Å². The quantitative estimate of drug-likeness (QED) is 0.564. The molecule has 3 aliphatic rings. The van der Waals surface area contributed by atoms with Gasteiger partial charge in [0.2, 0.25) is 0 Å². The zero-order valence-electron chi connectivity index (χ0n) is 13.3. The molecule has 23 heavy (non-hydrogen) atoms. The lowest BCUT2D eigenvalue weighted by Crippen LogP contribution is -2.46. The van der Waals surface area contributed by atoms with Gasteiger partial charge in [-0.15, -0.1) is 0 Å². The van der Waals surface area contributed by atoms with Crippen molar-refractivity contribution in [1.29, 1.82) is 0 Å². The molecule has 0 unspecified atom stereocenters. The molecule has 1 aromatic carbocycles. The van der Waals surface area contributed by atoms with E-state index in [0.717, 1.165) is 25.7 Å². The summed E-state index contributed by atoms with van der Waals surface area (Å²) in [7, 11) is 0. The molecule has 0 radical (unpaired) electrons. The van der Waals surface area contributed by atoms with Crippen molar-refractivity contribution in [3.05, 3.63) is 29.3 Å². The number of benzene rings is 1. The van der Waals surface area contributed by atoms with E-state index in [0.29, 0.717) is 11.7 Å². The summed E-state index contributed by atoms with van der Waals surface area (Å²) >= 11 is 0. The second-order valence-electron chi connectivity index (χ2n) is 7.69. The Morgan fingerprint density at radius 3 is 2.57 bits per heavy atom. The maximum atomic E-state index is 10.5. The van der Waals surface area contributed by atoms with Crippen LogP contribution in [0.1, 0.15) is 43.2 Å². The number of aromatic hydroxyl groups is 1. The van der Waals surface area contributed by atoms with Crippen LogP contribution in [0.2, 0.25) is 0 Å². The number of aliphatic hydroxyl groups is 3. The maximum absolute atomic E-state index is 10.5. The van der Waals surface area contributed by atoms with Crippen LogP contribution in [-0.4, -0.2) is 44.2 Å². The lowest BCUT2D eigenvalue weighted by Gasteiger charge is -2.50. The summed E-state index contributed by atoms with van der Waals surface area (Å²) in [6, 6.07) is 5.61. The molecule has 0 aromatic heterocycles. The van der Waals surface area contributed by atoms with Gasteiger partial charge in [-0.3, -0.25) is 0 Å². The summed E-state index contributed by atoms with van der Waals surface area (Å²) in [5.74, 6) is 0.898. The molecular weight excluding hydrogens is 296 g/mol. The molecule has 2 fully saturated rings. The predicted octanol–water partition coefficient (Wildman–Crippen LogP) is 0.726. The Balaban J connectivity index is 0.00000156. The minimum absolute atomic E-state index is 0. The monoisotopic (exact) mass is 322 g/mol. The van der Waals surface area contributed by atoms with Crippen LogP contribution in [0.4, 0.5) is 0 Å². The number of aryl methyl sites for hydroxylation is 1. The van der Waals surface area contributed by atoms with Gasteiger partial charge in [-0.2, -0.15) is 0 Å². The summed E-state index contributed by atoms with van der Waals surface area (Å²) < 4.78 is 0. The van der Waals surface area contributed by atoms with Gasteiger partial charge in [-0.1, -0.05) is 13.0 Å². The fourth-order valence-corrected chi connectivity index (χ4v) is 5.62. The Morgan fingerprint density at radius 1 is 1.09 bits per heavy atom. The van der Waals surface area contributed by atoms with Crippen molar-refractivity contribution in [2.75, 3.05) is 0 Å². The van der Waals surface area contributed by atoms with E-state index in [1.807, 2.05) is 19.1 Å². The number of aliphatic hydroxyl groups excluding tert-OH is 3. The molecule has 0 heterocycles. The minimum atomic E-state index is -1.03. The van der Waals surface area contributed by atoms with E-state index in [2.05, 4.69) is 0 Å². The average molecular weight is 322 g/mol. The molecule has 0 amide bonds. The summed E-state index contributed by atoms with van der Waals surface area (Å²) in [5, 5.41) is 40.7. The molecule has 0 bridgehead atoms. The van der Waals surface area contributed by atoms with Crippen molar-refractivity contribution < 1.29 is 25.9 Å². The van der Waals surface area contributed by atoms with Gasteiger partial charge in [-0.05, 0) is 66.7 Å². The lowest BCUT2D eigenvalue weighted by atomic mass is 9.55. The summed E-state index contributed by atoms with van der Waals surface area (Å²) in [4.78, 5) is 0. The Hall–Kier alpha value is -1.14. The van der Waals surface area contributed by atoms with Crippen LogP contribution < -0.4 is 0 Å². The molecule has 1 aromatic rings. The van der Waals surface area contributed by atoms with Crippen LogP contribution in [-0.2, 0) is 6.42 Å². The molecule has 4 rings (SSSR count). The largest absolute Gasteiger partial charge is 0.508 e. The zero-order chi connectivity index (χ0) is 15.6. The SMILES string of the molecule is C[C@@]12CC[C@H]3c4ccc(O)cc4CC[C@@H]3[C@H]1[C@H](O)[C@H](O)[C@H]2O.O. The zero-order valence-corrected chi connectivity index (χ0v) is 13.3. The van der Waals surface area contributed by atoms with Crippen molar-refractivity contribution in [3.8, 4) is 5.75 Å². The first-order valence-corrected chi connectivity index (χ1v) is 8.29. The Kier molecular flexibility index (Phi) is 3.96. The standard InChI is InChI=1S/C18H24O4.H2O/c1-18-7-6-12-11-5-3-10(19)8-9(11)2-4-13(12)14(18)15(20)16(21)17(18)22;/h3,5,8,12-17,19-22H,2,4,6-7H2,1H3;1H2/t12-,13-,14-,15-,16-,17+,18+;/m0./s1. The average Bonchev–Trinajstić information content (AvgIpc) is 2.68. The second kappa shape index (κ2) is 5.45. The first-order valence-electron chi connectivity index (χ1n) is 8.29. The van der Waals surface area contributed by atoms with E-state index in [1.54, 1.807) is 6.07 Å². The van der Waals surface area contributed by atoms with Gasteiger partial charge in [-0.25, -0.2) is 0 Å². The van der Waals surface area contributed by atoms with Crippen LogP contribution in [0.25, 0.3) is 0 Å². The lowest BCUT2D eigenvalue weighted by molar-refractivity contribution is -0.0505. The van der Waals surface area contributed by atoms with Crippen molar-refractivity contribution in [2.45, 2.75) is 56.8 Å². The third-order valence-electron chi connectivity index (χ3n) is 6.72. The molecule has 0 saturated heterocycles.